The lowest BCUT2D eigenvalue weighted by molar-refractivity contribution is -0.113. The fourth-order valence-electron chi connectivity index (χ4n) is 2.23. The molecule has 0 aromatic carbocycles. The van der Waals surface area contributed by atoms with Gasteiger partial charge in [0.1, 0.15) is 0 Å². The number of nitrogens with zero attached hydrogens (tertiary/aromatic N) is 2. The average molecular weight is 440 g/mol. The van der Waals surface area contributed by atoms with E-state index in [1.165, 1.54) is 13.1 Å². The minimum atomic E-state index is -1.72. The van der Waals surface area contributed by atoms with Crippen molar-refractivity contribution in [3.05, 3.63) is 60.9 Å². The lowest BCUT2D eigenvalue weighted by atomic mass is 10.1. The van der Waals surface area contributed by atoms with Crippen LogP contribution in [0.2, 0.25) is 0 Å². The van der Waals surface area contributed by atoms with Gasteiger partial charge < -0.3 is 9.97 Å². The molecule has 138 valence electrons. The monoisotopic (exact) mass is 438 g/mol. The molecule has 0 saturated heterocycles. The van der Waals surface area contributed by atoms with E-state index in [4.69, 9.17) is 30.1 Å². The summed E-state index contributed by atoms with van der Waals surface area (Å²) in [5.74, 6) is -0.945. The number of hydrogen-bond donors (Lipinski definition) is 2. The molecular weight excluding hydrogens is 426 g/mol. The van der Waals surface area contributed by atoms with Crippen molar-refractivity contribution in [2.24, 2.45) is 0 Å². The number of hydrogen-bond acceptors (Lipinski definition) is 4. The second-order valence-corrected chi connectivity index (χ2v) is 11.6. The first-order chi connectivity index (χ1) is 12.9. The molecule has 4 aromatic rings. The van der Waals surface area contributed by atoms with Crippen LogP contribution >= 0.6 is 30.1 Å². The highest BCUT2D eigenvalue weighted by Gasteiger charge is 2.15. The maximum Gasteiger partial charge on any atom is 0.643 e. The van der Waals surface area contributed by atoms with Crippen LogP contribution in [0.15, 0.2) is 55.4 Å². The normalized spacial score (nSPS) is 9.78. The van der Waals surface area contributed by atoms with Crippen molar-refractivity contribution in [3.63, 3.8) is 0 Å². The van der Waals surface area contributed by atoms with E-state index in [9.17, 15) is 9.59 Å². The molecule has 6 nitrogen and oxygen atoms in total. The zero-order chi connectivity index (χ0) is 19.8. The third kappa shape index (κ3) is 6.35. The topological polar surface area (TPSA) is 91.5 Å². The van der Waals surface area contributed by atoms with Gasteiger partial charge in [0.05, 0.1) is 5.56 Å². The van der Waals surface area contributed by atoms with Crippen LogP contribution in [0.3, 0.4) is 0 Å². The molecule has 4 heterocycles. The van der Waals surface area contributed by atoms with E-state index in [0.717, 1.165) is 16.4 Å². The molecule has 0 unspecified atom stereocenters. The number of nitrogens with one attached hydrogen (secondary N) is 2. The van der Waals surface area contributed by atoms with E-state index in [1.807, 2.05) is 24.5 Å². The van der Waals surface area contributed by atoms with Crippen LogP contribution in [-0.2, 0) is 4.79 Å². The van der Waals surface area contributed by atoms with Crippen LogP contribution < -0.4 is 0 Å². The highest BCUT2D eigenvalue weighted by Crippen LogP contribution is 2.16. The van der Waals surface area contributed by atoms with E-state index in [1.54, 1.807) is 24.7 Å². The summed E-state index contributed by atoms with van der Waals surface area (Å²) in [6, 6.07) is 5.71. The van der Waals surface area contributed by atoms with E-state index in [-0.39, 0.29) is 0 Å². The van der Waals surface area contributed by atoms with Crippen molar-refractivity contribution in [1.82, 2.24) is 19.9 Å². The van der Waals surface area contributed by atoms with Crippen LogP contribution in [0.5, 0.6) is 0 Å². The summed E-state index contributed by atoms with van der Waals surface area (Å²) < 4.78 is 0. The Kier molecular flexibility index (Phi) is 8.30. The van der Waals surface area contributed by atoms with Gasteiger partial charge in [-0.2, -0.15) is 0 Å². The molecule has 2 N–H and O–H groups in total. The summed E-state index contributed by atoms with van der Waals surface area (Å²) in [6.45, 7) is 1.26. The zero-order valence-electron chi connectivity index (χ0n) is 14.1. The Hall–Kier alpha value is -1.88. The second kappa shape index (κ2) is 10.5. The number of carbonyl (C=O) groups is 2. The number of carbonyl (C=O) groups excluding carboxylic acids is 2. The number of aromatic amines is 2. The highest BCUT2D eigenvalue weighted by molar-refractivity contribution is 7.54. The first kappa shape index (κ1) is 21.4. The molecule has 0 bridgehead atoms. The van der Waals surface area contributed by atoms with Gasteiger partial charge in [0.2, 0.25) is 5.78 Å². The van der Waals surface area contributed by atoms with Gasteiger partial charge in [0.15, 0.2) is 5.78 Å². The first-order valence-corrected chi connectivity index (χ1v) is 12.9. The van der Waals surface area contributed by atoms with Crippen molar-refractivity contribution in [1.29, 1.82) is 0 Å². The van der Waals surface area contributed by atoms with Gasteiger partial charge in [-0.25, -0.2) is 30.1 Å². The lowest BCUT2D eigenvalue weighted by Gasteiger charge is -1.92. The number of H-pyrrole nitrogens is 2. The smallest absolute Gasteiger partial charge is 0.361 e. The Bertz CT molecular complexity index is 1020. The van der Waals surface area contributed by atoms with E-state index >= 15 is 0 Å². The largest absolute Gasteiger partial charge is 0.643 e. The number of aromatic nitrogens is 4. The Morgan fingerprint density at radius 2 is 1.59 bits per heavy atom. The summed E-state index contributed by atoms with van der Waals surface area (Å²) >= 11 is -1.72. The highest BCUT2D eigenvalue weighted by atomic mass is 35.8. The third-order valence-electron chi connectivity index (χ3n) is 3.40. The number of rotatable bonds is 2. The summed E-state index contributed by atoms with van der Waals surface area (Å²) in [5, 5.41) is 1.85. The number of pyridine rings is 2. The Labute approximate surface area is 171 Å². The minimum absolute atomic E-state index is 0.389. The second-order valence-electron chi connectivity index (χ2n) is 5.20. The van der Waals surface area contributed by atoms with Crippen LogP contribution in [0.4, 0.5) is 0 Å². The molecule has 0 atom stereocenters. The first-order valence-electron chi connectivity index (χ1n) is 7.66. The minimum Gasteiger partial charge on any atom is -0.361 e. The quantitative estimate of drug-likeness (QED) is 0.272. The molecule has 0 radical (unpaired) electrons. The van der Waals surface area contributed by atoms with Gasteiger partial charge in [0, 0.05) is 65.9 Å². The molecule has 0 saturated carbocycles. The van der Waals surface area contributed by atoms with Gasteiger partial charge in [-0.1, -0.05) is 0 Å². The average Bonchev–Trinajstić information content (AvgIpc) is 3.28. The molecule has 0 aliphatic carbocycles. The molecule has 4 rings (SSSR count). The molecule has 0 amide bonds. The Morgan fingerprint density at radius 3 is 2.22 bits per heavy atom. The SMILES string of the molecule is CC(=O)C(=O)c1c[nH]c2ccncc12.[Cl][Al]([Cl])[Cl].c1cc2[nH]ccc2cn1. The summed E-state index contributed by atoms with van der Waals surface area (Å²) in [6.07, 6.45) is 10.3. The number of ketones is 2. The lowest BCUT2D eigenvalue weighted by Crippen LogP contribution is -2.08. The molecule has 27 heavy (non-hydrogen) atoms. The summed E-state index contributed by atoms with van der Waals surface area (Å²) in [4.78, 5) is 36.2. The number of halogens is 3. The van der Waals surface area contributed by atoms with Gasteiger partial charge in [-0.15, -0.1) is 0 Å². The number of Topliss-reactive ketones (excluding diaryl/α,β-unsaturated/α-hetero) is 2. The predicted octanol–water partition coefficient (Wildman–Crippen LogP) is 4.59. The third-order valence-corrected chi connectivity index (χ3v) is 3.40. The molecule has 10 heteroatoms. The summed E-state index contributed by atoms with van der Waals surface area (Å²) in [7, 11) is 14.8. The maximum absolute atomic E-state index is 11.4. The van der Waals surface area contributed by atoms with Gasteiger partial charge in [-0.3, -0.25) is 19.6 Å². The fraction of sp³-hybridized carbons (Fsp3) is 0.0588. The van der Waals surface area contributed by atoms with Crippen molar-refractivity contribution < 1.29 is 9.59 Å². The van der Waals surface area contributed by atoms with E-state index in [0.29, 0.717) is 10.9 Å². The fourth-order valence-corrected chi connectivity index (χ4v) is 2.23. The molecule has 0 aliphatic heterocycles. The van der Waals surface area contributed by atoms with Crippen LogP contribution in [0, 0.1) is 0 Å². The molecule has 0 aliphatic rings. The van der Waals surface area contributed by atoms with Gasteiger partial charge in [0.25, 0.3) is 0 Å². The van der Waals surface area contributed by atoms with Gasteiger partial charge in [-0.05, 0) is 18.2 Å². The van der Waals surface area contributed by atoms with Crippen LogP contribution in [-0.4, -0.2) is 42.9 Å². The van der Waals surface area contributed by atoms with Crippen LogP contribution in [0.1, 0.15) is 17.3 Å². The predicted molar refractivity (Wildman–Crippen MR) is 111 cm³/mol. The Balaban J connectivity index is 0.000000172. The van der Waals surface area contributed by atoms with E-state index in [2.05, 4.69) is 19.9 Å². The van der Waals surface area contributed by atoms with Gasteiger partial charge >= 0.3 is 11.4 Å². The zero-order valence-corrected chi connectivity index (χ0v) is 17.5. The van der Waals surface area contributed by atoms with Crippen molar-refractivity contribution >= 4 is 74.9 Å². The standard InChI is InChI=1S/C10H8N2O2.C7H6N2.Al.3ClH/c1-6(13)10(14)8-5-12-9-2-3-11-4-7(8)9;1-4-9-7-2-3-8-5-6(1)7;;;;/h2-5,12H,1H3;1-5,9H;;3*1H/q;;+3;;;/p-3. The van der Waals surface area contributed by atoms with Crippen molar-refractivity contribution in [2.45, 2.75) is 6.92 Å². The van der Waals surface area contributed by atoms with Crippen molar-refractivity contribution in [3.8, 4) is 0 Å². The van der Waals surface area contributed by atoms with Crippen LogP contribution in [0.25, 0.3) is 21.8 Å². The maximum atomic E-state index is 11.4. The molecule has 0 fully saturated rings. The number of fused-ring (bicyclic) bond motifs is 2. The molecular formula is C17H14AlCl3N4O2. The van der Waals surface area contributed by atoms with E-state index < -0.39 is 23.0 Å². The van der Waals surface area contributed by atoms with Crippen molar-refractivity contribution in [2.75, 3.05) is 0 Å². The molecule has 0 spiro atoms. The summed E-state index contributed by atoms with van der Waals surface area (Å²) in [5.41, 5.74) is 2.34. The molecule has 4 aromatic heterocycles. The Morgan fingerprint density at radius 1 is 0.963 bits per heavy atom.